The molecule has 2 heteroatoms. The Bertz CT molecular complexity index is 641. The van der Waals surface area contributed by atoms with Gasteiger partial charge in [-0.05, 0) is 22.8 Å². The van der Waals surface area contributed by atoms with Crippen LogP contribution in [0.15, 0.2) is 84.9 Å². The molecule has 0 fully saturated rings. The van der Waals surface area contributed by atoms with Crippen molar-refractivity contribution in [3.63, 3.8) is 0 Å². The van der Waals surface area contributed by atoms with Gasteiger partial charge in [0.05, 0.1) is 5.92 Å². The molecule has 0 aromatic heterocycles. The van der Waals surface area contributed by atoms with E-state index < -0.39 is 0 Å². The normalized spacial score (nSPS) is 10.2. The van der Waals surface area contributed by atoms with Crippen LogP contribution in [0.1, 0.15) is 16.7 Å². The zero-order chi connectivity index (χ0) is 13.8. The molecule has 0 bridgehead atoms. The van der Waals surface area contributed by atoms with Gasteiger partial charge in [-0.2, -0.15) is 0 Å². The van der Waals surface area contributed by atoms with Crippen LogP contribution in [0.3, 0.4) is 0 Å². The van der Waals surface area contributed by atoms with Crippen molar-refractivity contribution in [2.45, 2.75) is 0 Å². The Hall–Kier alpha value is -0.608. The molecular weight excluding hydrogens is 491 g/mol. The van der Waals surface area contributed by atoms with Gasteiger partial charge in [-0.3, -0.25) is 0 Å². The van der Waals surface area contributed by atoms with Crippen LogP contribution in [0.4, 0.5) is 0 Å². The maximum absolute atomic E-state index is 6.40. The molecule has 0 aliphatic rings. The summed E-state index contributed by atoms with van der Waals surface area (Å²) in [6.07, 6.45) is 0. The van der Waals surface area contributed by atoms with Gasteiger partial charge in [-0.15, -0.1) is 0 Å². The molecule has 0 saturated heterocycles. The third-order valence-corrected chi connectivity index (χ3v) is 3.60. The second-order valence-electron chi connectivity index (χ2n) is 4.59. The van der Waals surface area contributed by atoms with Crippen molar-refractivity contribution in [3.05, 3.63) is 113 Å². The molecule has 3 aromatic carbocycles. The molecule has 0 N–H and O–H groups in total. The van der Waals surface area contributed by atoms with Crippen LogP contribution < -0.4 is 0 Å². The van der Waals surface area contributed by atoms with Gasteiger partial charge in [0.15, 0.2) is 0 Å². The molecule has 0 aliphatic heterocycles. The van der Waals surface area contributed by atoms with E-state index in [0.717, 1.165) is 16.5 Å². The standard InChI is InChI=1S/C19H14Cl.Ac/c20-18-14-8-7-13-17(18)19(15-9-3-1-4-10-15)16-11-5-2-6-12-16;/h1-14H;. The molecule has 0 amide bonds. The van der Waals surface area contributed by atoms with E-state index in [9.17, 15) is 0 Å². The van der Waals surface area contributed by atoms with Gasteiger partial charge in [0.25, 0.3) is 0 Å². The quantitative estimate of drug-likeness (QED) is 0.421. The predicted molar refractivity (Wildman–Crippen MR) is 84.9 cm³/mol. The van der Waals surface area contributed by atoms with Crippen LogP contribution in [-0.4, -0.2) is 0 Å². The molecule has 100 valence electrons. The van der Waals surface area contributed by atoms with Gasteiger partial charge >= 0.3 is 0 Å². The van der Waals surface area contributed by atoms with Gasteiger partial charge in [0.2, 0.25) is 0 Å². The molecular formula is C19H14AcCl. The average molecular weight is 505 g/mol. The topological polar surface area (TPSA) is 0 Å². The van der Waals surface area contributed by atoms with E-state index in [1.165, 1.54) is 11.1 Å². The van der Waals surface area contributed by atoms with Gasteiger partial charge < -0.3 is 0 Å². The van der Waals surface area contributed by atoms with Crippen molar-refractivity contribution in [3.8, 4) is 0 Å². The van der Waals surface area contributed by atoms with Crippen LogP contribution >= 0.6 is 11.6 Å². The van der Waals surface area contributed by atoms with Crippen molar-refractivity contribution in [2.24, 2.45) is 0 Å². The first-order valence-corrected chi connectivity index (χ1v) is 6.97. The maximum Gasteiger partial charge on any atom is 0.0644 e. The zero-order valence-electron chi connectivity index (χ0n) is 11.5. The smallest absolute Gasteiger partial charge is 0.0644 e. The third-order valence-electron chi connectivity index (χ3n) is 3.27. The first kappa shape index (κ1) is 16.8. The SMILES string of the molecule is Clc1ccccc1[C](c1ccccc1)c1ccccc1.[Ac]. The van der Waals surface area contributed by atoms with Crippen molar-refractivity contribution in [1.82, 2.24) is 0 Å². The summed E-state index contributed by atoms with van der Waals surface area (Å²) in [6.45, 7) is 0. The predicted octanol–water partition coefficient (Wildman–Crippen LogP) is 5.36. The fraction of sp³-hybridized carbons (Fsp3) is 0. The van der Waals surface area contributed by atoms with E-state index in [4.69, 9.17) is 11.6 Å². The molecule has 3 rings (SSSR count). The Morgan fingerprint density at radius 2 is 1.00 bits per heavy atom. The Morgan fingerprint density at radius 3 is 1.48 bits per heavy atom. The van der Waals surface area contributed by atoms with Gasteiger partial charge in [-0.1, -0.05) is 90.5 Å². The molecule has 21 heavy (non-hydrogen) atoms. The minimum absolute atomic E-state index is 0. The zero-order valence-corrected chi connectivity index (χ0v) is 17.0. The summed E-state index contributed by atoms with van der Waals surface area (Å²) in [7, 11) is 0. The minimum atomic E-state index is 0. The average Bonchev–Trinajstić information content (AvgIpc) is 2.52. The fourth-order valence-corrected chi connectivity index (χ4v) is 2.58. The van der Waals surface area contributed by atoms with Crippen molar-refractivity contribution < 1.29 is 44.1 Å². The monoisotopic (exact) mass is 504 g/mol. The molecule has 2 radical (unpaired) electrons. The first-order chi connectivity index (χ1) is 9.86. The Morgan fingerprint density at radius 1 is 0.571 bits per heavy atom. The second-order valence-corrected chi connectivity index (χ2v) is 4.99. The van der Waals surface area contributed by atoms with E-state index in [1.54, 1.807) is 0 Å². The summed E-state index contributed by atoms with van der Waals surface area (Å²) < 4.78 is 0. The molecule has 0 unspecified atom stereocenters. The Balaban J connectivity index is 0.00000161. The first-order valence-electron chi connectivity index (χ1n) is 6.59. The summed E-state index contributed by atoms with van der Waals surface area (Å²) in [4.78, 5) is 0. The molecule has 0 spiro atoms. The van der Waals surface area contributed by atoms with E-state index in [1.807, 2.05) is 30.3 Å². The van der Waals surface area contributed by atoms with Crippen LogP contribution in [0.25, 0.3) is 0 Å². The van der Waals surface area contributed by atoms with E-state index in [0.29, 0.717) is 0 Å². The van der Waals surface area contributed by atoms with E-state index >= 15 is 0 Å². The molecule has 3 aromatic rings. The summed E-state index contributed by atoms with van der Waals surface area (Å²) in [5.41, 5.74) is 3.41. The molecule has 0 aliphatic carbocycles. The van der Waals surface area contributed by atoms with Gasteiger partial charge in [0.1, 0.15) is 0 Å². The molecule has 0 heterocycles. The Kier molecular flexibility index (Phi) is 6.49. The minimum Gasteiger partial charge on any atom is -0.0840 e. The number of hydrogen-bond acceptors (Lipinski definition) is 0. The van der Waals surface area contributed by atoms with Crippen LogP contribution in [-0.2, 0) is 0 Å². The summed E-state index contributed by atoms with van der Waals surface area (Å²) in [5, 5.41) is 0.773. The fourth-order valence-electron chi connectivity index (χ4n) is 2.35. The van der Waals surface area contributed by atoms with Gasteiger partial charge in [0, 0.05) is 49.1 Å². The molecule has 0 saturated carbocycles. The number of halogens is 1. The van der Waals surface area contributed by atoms with E-state index in [-0.39, 0.29) is 44.1 Å². The second kappa shape index (κ2) is 8.14. The molecule has 0 nitrogen and oxygen atoms in total. The van der Waals surface area contributed by atoms with Gasteiger partial charge in [-0.25, -0.2) is 0 Å². The number of benzene rings is 3. The van der Waals surface area contributed by atoms with Crippen LogP contribution in [0, 0.1) is 50.0 Å². The number of rotatable bonds is 3. The van der Waals surface area contributed by atoms with E-state index in [2.05, 4.69) is 54.6 Å². The van der Waals surface area contributed by atoms with Crippen molar-refractivity contribution in [1.29, 1.82) is 0 Å². The third kappa shape index (κ3) is 3.98. The summed E-state index contributed by atoms with van der Waals surface area (Å²) in [5.74, 6) is 1.16. The van der Waals surface area contributed by atoms with Crippen LogP contribution in [0.5, 0.6) is 0 Å². The molecule has 0 atom stereocenters. The maximum atomic E-state index is 6.40. The summed E-state index contributed by atoms with van der Waals surface area (Å²) >= 11 is 6.40. The van der Waals surface area contributed by atoms with Crippen molar-refractivity contribution in [2.75, 3.05) is 0 Å². The largest absolute Gasteiger partial charge is 0.0840 e. The summed E-state index contributed by atoms with van der Waals surface area (Å²) in [6, 6.07) is 28.7. The van der Waals surface area contributed by atoms with Crippen molar-refractivity contribution >= 4 is 11.6 Å². The van der Waals surface area contributed by atoms with Crippen LogP contribution in [0.2, 0.25) is 5.02 Å². The number of hydrogen-bond donors (Lipinski definition) is 0. The Labute approximate surface area is 166 Å².